The van der Waals surface area contributed by atoms with E-state index >= 15 is 0 Å². The second-order valence-corrected chi connectivity index (χ2v) is 13.2. The number of hydrogen-bond donors (Lipinski definition) is 0. The first kappa shape index (κ1) is 8.18. The van der Waals surface area contributed by atoms with Crippen LogP contribution in [0.4, 0.5) is 0 Å². The molecule has 0 nitrogen and oxygen atoms in total. The van der Waals surface area contributed by atoms with Crippen molar-refractivity contribution in [1.82, 2.24) is 0 Å². The average Bonchev–Trinajstić information content (AvgIpc) is 1.61. The van der Waals surface area contributed by atoms with Gasteiger partial charge in [-0.2, -0.15) is 0 Å². The molecule has 0 aromatic carbocycles. The van der Waals surface area contributed by atoms with Gasteiger partial charge >= 0.3 is 0 Å². The van der Waals surface area contributed by atoms with E-state index in [-0.39, 0.29) is 0 Å². The lowest BCUT2D eigenvalue weighted by Gasteiger charge is -1.92. The molecule has 0 bridgehead atoms. The second kappa shape index (κ2) is 5.32. The van der Waals surface area contributed by atoms with E-state index in [0.717, 1.165) is 0 Å². The highest BCUT2D eigenvalue weighted by Crippen LogP contribution is 2.11. The van der Waals surface area contributed by atoms with Crippen LogP contribution in [-0.4, -0.2) is 6.04 Å². The maximum Gasteiger partial charge on any atom is 0.186 e. The fourth-order valence-corrected chi connectivity index (χ4v) is 3.02. The van der Waals surface area contributed by atoms with Crippen molar-refractivity contribution < 1.29 is 0 Å². The van der Waals surface area contributed by atoms with Crippen LogP contribution in [0.2, 0.25) is 6.04 Å². The molecule has 0 aliphatic heterocycles. The molecule has 0 rings (SSSR count). The second-order valence-electron chi connectivity index (χ2n) is 1.53. The summed E-state index contributed by atoms with van der Waals surface area (Å²) in [4.78, 5) is 0. The molecule has 0 N–H and O–H groups in total. The minimum Gasteiger partial charge on any atom is -0.116 e. The largest absolute Gasteiger partial charge is 0.186 e. The fourth-order valence-electron chi connectivity index (χ4n) is 0.358. The van der Waals surface area contributed by atoms with E-state index in [1.165, 1.54) is 18.9 Å². The van der Waals surface area contributed by atoms with Crippen LogP contribution in [0.3, 0.4) is 0 Å². The lowest BCUT2D eigenvalue weighted by molar-refractivity contribution is 0.882. The van der Waals surface area contributed by atoms with Crippen LogP contribution >= 0.6 is 30.6 Å². The monoisotopic (exact) mass is 244 g/mol. The normalized spacial score (nSPS) is 10.3. The van der Waals surface area contributed by atoms with Gasteiger partial charge in [0.1, 0.15) is 0 Å². The van der Waals surface area contributed by atoms with Crippen molar-refractivity contribution in [1.29, 1.82) is 0 Å². The standard InChI is InChI=1S/C4H10Br2Si/c1-2-3-4-7(5)6/h7H,2-4H2,1H3. The molecule has 0 aromatic rings. The first-order chi connectivity index (χ1) is 3.27. The number of rotatable bonds is 3. The Hall–Kier alpha value is 1.18. The van der Waals surface area contributed by atoms with Gasteiger partial charge in [0.05, 0.1) is 0 Å². The summed E-state index contributed by atoms with van der Waals surface area (Å²) in [7, 11) is 0. The summed E-state index contributed by atoms with van der Waals surface area (Å²) in [5.74, 6) is 0. The van der Waals surface area contributed by atoms with Crippen molar-refractivity contribution in [3.8, 4) is 0 Å². The third kappa shape index (κ3) is 7.18. The molecule has 44 valence electrons. The predicted octanol–water partition coefficient (Wildman–Crippen LogP) is 2.80. The van der Waals surface area contributed by atoms with Gasteiger partial charge in [-0.05, 0) is 6.04 Å². The summed E-state index contributed by atoms with van der Waals surface area (Å²) < 4.78 is 0. The molecule has 0 atom stereocenters. The number of halogens is 2. The Kier molecular flexibility index (Phi) is 6.21. The predicted molar refractivity (Wildman–Crippen MR) is 44.7 cm³/mol. The Morgan fingerprint density at radius 1 is 1.43 bits per heavy atom. The molecule has 3 heteroatoms. The topological polar surface area (TPSA) is 0 Å². The van der Waals surface area contributed by atoms with Crippen LogP contribution in [0.15, 0.2) is 0 Å². The third-order valence-corrected chi connectivity index (χ3v) is 4.37. The first-order valence-electron chi connectivity index (χ1n) is 2.55. The van der Waals surface area contributed by atoms with E-state index in [1.807, 2.05) is 0 Å². The summed E-state index contributed by atoms with van der Waals surface area (Å²) in [6, 6.07) is 0.808. The summed E-state index contributed by atoms with van der Waals surface area (Å²) in [6.07, 6.45) is 2.69. The smallest absolute Gasteiger partial charge is 0.116 e. The van der Waals surface area contributed by atoms with Crippen LogP contribution in [0.1, 0.15) is 19.8 Å². The molecule has 0 aliphatic carbocycles. The molecular formula is C4H10Br2Si. The van der Waals surface area contributed by atoms with Gasteiger partial charge in [0.15, 0.2) is 6.04 Å². The molecule has 0 spiro atoms. The summed E-state index contributed by atoms with van der Waals surface area (Å²) in [5.41, 5.74) is 0. The van der Waals surface area contributed by atoms with Crippen molar-refractivity contribution in [2.45, 2.75) is 25.8 Å². The average molecular weight is 246 g/mol. The Morgan fingerprint density at radius 3 is 2.14 bits per heavy atom. The lowest BCUT2D eigenvalue weighted by atomic mass is 10.4. The highest BCUT2D eigenvalue weighted by atomic mass is 79.9. The van der Waals surface area contributed by atoms with Crippen LogP contribution in [0.5, 0.6) is 0 Å². The fraction of sp³-hybridized carbons (Fsp3) is 1.00. The molecule has 0 aliphatic rings. The quantitative estimate of drug-likeness (QED) is 0.530. The van der Waals surface area contributed by atoms with E-state index in [1.54, 1.807) is 0 Å². The summed E-state index contributed by atoms with van der Waals surface area (Å²) in [5, 5.41) is 0. The molecule has 7 heavy (non-hydrogen) atoms. The molecular weight excluding hydrogens is 236 g/mol. The molecule has 0 saturated carbocycles. The van der Waals surface area contributed by atoms with Gasteiger partial charge < -0.3 is 0 Å². The maximum absolute atomic E-state index is 3.53. The minimum atomic E-state index is -0.563. The first-order valence-corrected chi connectivity index (χ1v) is 9.74. The van der Waals surface area contributed by atoms with Gasteiger partial charge in [-0.3, -0.25) is 0 Å². The van der Waals surface area contributed by atoms with Crippen molar-refractivity contribution in [3.05, 3.63) is 0 Å². The number of unbranched alkanes of at least 4 members (excludes halogenated alkanes) is 1. The minimum absolute atomic E-state index is 0.563. The van der Waals surface area contributed by atoms with Gasteiger partial charge in [0.25, 0.3) is 0 Å². The number of hydrogen-bond acceptors (Lipinski definition) is 0. The highest BCUT2D eigenvalue weighted by Gasteiger charge is 1.96. The van der Waals surface area contributed by atoms with Gasteiger partial charge in [-0.25, -0.2) is 0 Å². The molecule has 0 fully saturated rings. The van der Waals surface area contributed by atoms with Crippen LogP contribution in [-0.2, 0) is 0 Å². The Balaban J connectivity index is 2.68. The molecule has 0 amide bonds. The van der Waals surface area contributed by atoms with Crippen molar-refractivity contribution in [2.75, 3.05) is 0 Å². The molecule has 0 unspecified atom stereocenters. The zero-order chi connectivity index (χ0) is 5.70. The van der Waals surface area contributed by atoms with Crippen molar-refractivity contribution in [2.24, 2.45) is 0 Å². The lowest BCUT2D eigenvalue weighted by Crippen LogP contribution is -1.86. The molecule has 0 saturated heterocycles. The van der Waals surface area contributed by atoms with Gasteiger partial charge in [0.2, 0.25) is 0 Å². The zero-order valence-electron chi connectivity index (χ0n) is 4.45. The van der Waals surface area contributed by atoms with Crippen LogP contribution < -0.4 is 0 Å². The van der Waals surface area contributed by atoms with Crippen molar-refractivity contribution >= 4 is 36.6 Å². The molecule has 0 radical (unpaired) electrons. The highest BCUT2D eigenvalue weighted by molar-refractivity contribution is 9.49. The Morgan fingerprint density at radius 2 is 2.00 bits per heavy atom. The van der Waals surface area contributed by atoms with Crippen LogP contribution in [0, 0.1) is 0 Å². The molecule has 0 heterocycles. The molecule has 0 aromatic heterocycles. The van der Waals surface area contributed by atoms with E-state index < -0.39 is 6.04 Å². The van der Waals surface area contributed by atoms with Crippen molar-refractivity contribution in [3.63, 3.8) is 0 Å². The zero-order valence-corrected chi connectivity index (χ0v) is 8.78. The van der Waals surface area contributed by atoms with Gasteiger partial charge in [0, 0.05) is 0 Å². The summed E-state index contributed by atoms with van der Waals surface area (Å²) in [6.45, 7) is 2.22. The van der Waals surface area contributed by atoms with E-state index in [0.29, 0.717) is 0 Å². The van der Waals surface area contributed by atoms with Gasteiger partial charge in [-0.1, -0.05) is 19.8 Å². The van der Waals surface area contributed by atoms with Crippen LogP contribution in [0.25, 0.3) is 0 Å². The van der Waals surface area contributed by atoms with E-state index in [9.17, 15) is 0 Å². The third-order valence-electron chi connectivity index (χ3n) is 0.776. The maximum atomic E-state index is 3.53. The summed E-state index contributed by atoms with van der Waals surface area (Å²) >= 11 is 7.06. The Bertz CT molecular complexity index is 38.7. The van der Waals surface area contributed by atoms with Gasteiger partial charge in [-0.15, -0.1) is 30.6 Å². The van der Waals surface area contributed by atoms with E-state index in [2.05, 4.69) is 37.5 Å². The SMILES string of the molecule is CCCC[SiH](Br)Br. The Labute approximate surface area is 62.4 Å². The van der Waals surface area contributed by atoms with E-state index in [4.69, 9.17) is 0 Å².